The first-order chi connectivity index (χ1) is 14.1. The molecule has 0 amide bonds. The number of aryl methyl sites for hydroxylation is 1. The van der Waals surface area contributed by atoms with Crippen LogP contribution in [0.4, 0.5) is 0 Å². The lowest BCUT2D eigenvalue weighted by Gasteiger charge is -2.07. The molecule has 0 aliphatic rings. The molecule has 3 heterocycles. The van der Waals surface area contributed by atoms with Gasteiger partial charge in [-0.15, -0.1) is 11.3 Å². The highest BCUT2D eigenvalue weighted by molar-refractivity contribution is 7.09. The third-order valence-corrected chi connectivity index (χ3v) is 5.27. The van der Waals surface area contributed by atoms with Crippen LogP contribution in [0, 0.1) is 6.92 Å². The van der Waals surface area contributed by atoms with Crippen molar-refractivity contribution < 1.29 is 0 Å². The van der Waals surface area contributed by atoms with Crippen molar-refractivity contribution in [3.63, 3.8) is 0 Å². The van der Waals surface area contributed by atoms with Gasteiger partial charge in [0, 0.05) is 22.3 Å². The minimum absolute atomic E-state index is 0.706. The molecule has 5 nitrogen and oxygen atoms in total. The summed E-state index contributed by atoms with van der Waals surface area (Å²) in [7, 11) is 0. The number of nitrogens with one attached hydrogen (secondary N) is 1. The fourth-order valence-corrected chi connectivity index (χ4v) is 3.61. The summed E-state index contributed by atoms with van der Waals surface area (Å²) in [6, 6.07) is 9.59. The molecule has 0 aliphatic heterocycles. The van der Waals surface area contributed by atoms with E-state index in [4.69, 9.17) is 16.6 Å². The standard InChI is InChI=1S/C16H11ClN4S.C6H15N/c1-10-19-14(9-22-10)16-20-13-6-7-18-8-15(13)21(16)12-4-2-11(17)3-5-12;1-3-5-7-6-4-2/h2-9H,1H3;7H,3-6H2,1-2H3. The Labute approximate surface area is 180 Å². The van der Waals surface area contributed by atoms with Crippen molar-refractivity contribution in [3.8, 4) is 17.2 Å². The predicted molar refractivity (Wildman–Crippen MR) is 123 cm³/mol. The molecule has 7 heteroatoms. The van der Waals surface area contributed by atoms with Gasteiger partial charge in [0.15, 0.2) is 5.82 Å². The minimum atomic E-state index is 0.706. The van der Waals surface area contributed by atoms with E-state index in [-0.39, 0.29) is 0 Å². The van der Waals surface area contributed by atoms with Gasteiger partial charge in [-0.2, -0.15) is 0 Å². The SMILES string of the molecule is CCCNCCC.Cc1nc(-c2nc3ccncc3n2-c2ccc(Cl)cc2)cs1. The summed E-state index contributed by atoms with van der Waals surface area (Å²) in [5.74, 6) is 0.815. The highest BCUT2D eigenvalue weighted by Crippen LogP contribution is 2.29. The average molecular weight is 428 g/mol. The lowest BCUT2D eigenvalue weighted by atomic mass is 10.3. The molecule has 0 radical (unpaired) electrons. The van der Waals surface area contributed by atoms with Crippen molar-refractivity contribution in [2.45, 2.75) is 33.6 Å². The molecule has 29 heavy (non-hydrogen) atoms. The third-order valence-electron chi connectivity index (χ3n) is 4.24. The van der Waals surface area contributed by atoms with Crippen molar-refractivity contribution in [2.75, 3.05) is 13.1 Å². The summed E-state index contributed by atoms with van der Waals surface area (Å²) < 4.78 is 2.06. The predicted octanol–water partition coefficient (Wildman–Crippen LogP) is 5.90. The van der Waals surface area contributed by atoms with Crippen molar-refractivity contribution in [2.24, 2.45) is 0 Å². The van der Waals surface area contributed by atoms with Gasteiger partial charge in [-0.1, -0.05) is 25.4 Å². The Bertz CT molecular complexity index is 1030. The average Bonchev–Trinajstić information content (AvgIpc) is 3.33. The van der Waals surface area contributed by atoms with Gasteiger partial charge in [-0.05, 0) is 63.2 Å². The number of imidazole rings is 1. The molecule has 0 spiro atoms. The minimum Gasteiger partial charge on any atom is -0.317 e. The Balaban J connectivity index is 0.000000298. The normalized spacial score (nSPS) is 10.8. The number of hydrogen-bond donors (Lipinski definition) is 1. The molecule has 152 valence electrons. The van der Waals surface area contributed by atoms with Gasteiger partial charge in [0.05, 0.1) is 22.2 Å². The van der Waals surface area contributed by atoms with Gasteiger partial charge in [0.25, 0.3) is 0 Å². The van der Waals surface area contributed by atoms with Crippen LogP contribution >= 0.6 is 22.9 Å². The monoisotopic (exact) mass is 427 g/mol. The van der Waals surface area contributed by atoms with Crippen LogP contribution in [0.2, 0.25) is 5.02 Å². The van der Waals surface area contributed by atoms with E-state index in [2.05, 4.69) is 33.7 Å². The Hall–Kier alpha value is -2.28. The van der Waals surface area contributed by atoms with Crippen LogP contribution in [0.3, 0.4) is 0 Å². The van der Waals surface area contributed by atoms with Crippen LogP contribution in [0.25, 0.3) is 28.2 Å². The Morgan fingerprint density at radius 2 is 1.76 bits per heavy atom. The molecule has 0 unspecified atom stereocenters. The number of nitrogens with zero attached hydrogens (tertiary/aromatic N) is 4. The highest BCUT2D eigenvalue weighted by Gasteiger charge is 2.16. The number of pyridine rings is 1. The molecular weight excluding hydrogens is 402 g/mol. The molecule has 1 aromatic carbocycles. The maximum absolute atomic E-state index is 6.00. The van der Waals surface area contributed by atoms with E-state index in [9.17, 15) is 0 Å². The Kier molecular flexibility index (Phi) is 7.75. The summed E-state index contributed by atoms with van der Waals surface area (Å²) in [4.78, 5) is 13.5. The van der Waals surface area contributed by atoms with Crippen LogP contribution < -0.4 is 5.32 Å². The number of halogens is 1. The Morgan fingerprint density at radius 1 is 1.03 bits per heavy atom. The number of hydrogen-bond acceptors (Lipinski definition) is 5. The van der Waals surface area contributed by atoms with Crippen molar-refractivity contribution in [1.29, 1.82) is 0 Å². The largest absolute Gasteiger partial charge is 0.317 e. The number of thiazole rings is 1. The summed E-state index contributed by atoms with van der Waals surface area (Å²) >= 11 is 7.62. The van der Waals surface area contributed by atoms with Gasteiger partial charge in [-0.3, -0.25) is 9.55 Å². The van der Waals surface area contributed by atoms with E-state index in [1.165, 1.54) is 25.9 Å². The Morgan fingerprint density at radius 3 is 2.38 bits per heavy atom. The van der Waals surface area contributed by atoms with E-state index >= 15 is 0 Å². The second-order valence-electron chi connectivity index (χ2n) is 6.61. The number of fused-ring (bicyclic) bond motifs is 1. The molecule has 0 aliphatic carbocycles. The third kappa shape index (κ3) is 5.41. The van der Waals surface area contributed by atoms with Crippen LogP contribution in [0.5, 0.6) is 0 Å². The van der Waals surface area contributed by atoms with E-state index < -0.39 is 0 Å². The van der Waals surface area contributed by atoms with Crippen molar-refractivity contribution in [1.82, 2.24) is 24.8 Å². The molecular formula is C22H26ClN5S. The summed E-state index contributed by atoms with van der Waals surface area (Å²) in [6.45, 7) is 8.71. The molecule has 0 saturated carbocycles. The van der Waals surface area contributed by atoms with E-state index in [0.717, 1.165) is 33.2 Å². The zero-order valence-electron chi connectivity index (χ0n) is 17.0. The van der Waals surface area contributed by atoms with Gasteiger partial charge >= 0.3 is 0 Å². The topological polar surface area (TPSA) is 55.6 Å². The number of aromatic nitrogens is 4. The molecule has 3 aromatic heterocycles. The maximum atomic E-state index is 6.00. The zero-order chi connectivity index (χ0) is 20.6. The fraction of sp³-hybridized carbons (Fsp3) is 0.318. The molecule has 4 rings (SSSR count). The second kappa shape index (κ2) is 10.5. The highest BCUT2D eigenvalue weighted by atomic mass is 35.5. The van der Waals surface area contributed by atoms with Gasteiger partial charge < -0.3 is 5.32 Å². The number of rotatable bonds is 6. The van der Waals surface area contributed by atoms with Crippen LogP contribution in [0.15, 0.2) is 48.1 Å². The molecule has 0 atom stereocenters. The first-order valence-corrected chi connectivity index (χ1v) is 11.1. The lowest BCUT2D eigenvalue weighted by molar-refractivity contribution is 0.662. The van der Waals surface area contributed by atoms with Gasteiger partial charge in [0.1, 0.15) is 5.69 Å². The molecule has 1 N–H and O–H groups in total. The van der Waals surface area contributed by atoms with E-state index in [1.807, 2.05) is 48.8 Å². The number of benzene rings is 1. The molecule has 0 saturated heterocycles. The van der Waals surface area contributed by atoms with Crippen molar-refractivity contribution >= 4 is 34.0 Å². The molecule has 0 bridgehead atoms. The maximum Gasteiger partial charge on any atom is 0.165 e. The lowest BCUT2D eigenvalue weighted by Crippen LogP contribution is -2.14. The van der Waals surface area contributed by atoms with Crippen LogP contribution in [-0.2, 0) is 0 Å². The summed E-state index contributed by atoms with van der Waals surface area (Å²) in [6.07, 6.45) is 6.07. The molecule has 4 aromatic rings. The van der Waals surface area contributed by atoms with Crippen LogP contribution in [-0.4, -0.2) is 32.6 Å². The van der Waals surface area contributed by atoms with Gasteiger partial charge in [-0.25, -0.2) is 9.97 Å². The van der Waals surface area contributed by atoms with E-state index in [1.54, 1.807) is 17.5 Å². The molecule has 0 fully saturated rings. The first-order valence-electron chi connectivity index (χ1n) is 9.85. The smallest absolute Gasteiger partial charge is 0.165 e. The zero-order valence-corrected chi connectivity index (χ0v) is 18.6. The second-order valence-corrected chi connectivity index (χ2v) is 8.11. The van der Waals surface area contributed by atoms with Crippen LogP contribution in [0.1, 0.15) is 31.7 Å². The first kappa shape index (κ1) is 21.4. The van der Waals surface area contributed by atoms with Gasteiger partial charge in [0.2, 0.25) is 0 Å². The summed E-state index contributed by atoms with van der Waals surface area (Å²) in [5, 5.41) is 7.03. The quantitative estimate of drug-likeness (QED) is 0.389. The van der Waals surface area contributed by atoms with E-state index in [0.29, 0.717) is 5.02 Å². The summed E-state index contributed by atoms with van der Waals surface area (Å²) in [5.41, 5.74) is 3.70. The fourth-order valence-electron chi connectivity index (χ4n) is 2.89. The van der Waals surface area contributed by atoms with Crippen molar-refractivity contribution in [3.05, 3.63) is 58.1 Å².